The fourth-order valence-corrected chi connectivity index (χ4v) is 2.43. The Hall–Kier alpha value is -1.62. The molecule has 2 N–H and O–H groups in total. The van der Waals surface area contributed by atoms with Gasteiger partial charge in [0.25, 0.3) is 0 Å². The van der Waals surface area contributed by atoms with Crippen molar-refractivity contribution in [3.05, 3.63) is 46.2 Å². The molecule has 2 aromatic rings. The molecular formula is C13H14F2N2S. The number of rotatable bonds is 4. The summed E-state index contributed by atoms with van der Waals surface area (Å²) in [5.74, 6) is -1.79. The molecule has 96 valence electrons. The number of hydrogen-bond donors (Lipinski definition) is 1. The summed E-state index contributed by atoms with van der Waals surface area (Å²) in [6.45, 7) is 0.704. The van der Waals surface area contributed by atoms with Crippen LogP contribution in [-0.4, -0.2) is 13.6 Å². The molecule has 18 heavy (non-hydrogen) atoms. The summed E-state index contributed by atoms with van der Waals surface area (Å²) in [4.78, 5) is 3.08. The van der Waals surface area contributed by atoms with Crippen LogP contribution in [0.15, 0.2) is 29.6 Å². The van der Waals surface area contributed by atoms with Crippen molar-refractivity contribution >= 4 is 22.7 Å². The first-order chi connectivity index (χ1) is 8.58. The van der Waals surface area contributed by atoms with Crippen LogP contribution in [0.4, 0.5) is 20.2 Å². The Balaban J connectivity index is 2.09. The lowest BCUT2D eigenvalue weighted by atomic mass is 10.2. The molecule has 0 aliphatic rings. The Morgan fingerprint density at radius 3 is 2.67 bits per heavy atom. The Bertz CT molecular complexity index is 526. The summed E-state index contributed by atoms with van der Waals surface area (Å²) in [5.41, 5.74) is 6.47. The van der Waals surface area contributed by atoms with Gasteiger partial charge in [0, 0.05) is 30.6 Å². The second kappa shape index (κ2) is 5.35. The van der Waals surface area contributed by atoms with Gasteiger partial charge in [0.05, 0.1) is 11.4 Å². The van der Waals surface area contributed by atoms with Gasteiger partial charge in [-0.25, -0.2) is 8.78 Å². The van der Waals surface area contributed by atoms with Gasteiger partial charge in [0.1, 0.15) is 0 Å². The van der Waals surface area contributed by atoms with Crippen LogP contribution in [0, 0.1) is 11.6 Å². The van der Waals surface area contributed by atoms with Gasteiger partial charge in [0.2, 0.25) is 0 Å². The van der Waals surface area contributed by atoms with Gasteiger partial charge < -0.3 is 10.6 Å². The Morgan fingerprint density at radius 2 is 2.00 bits per heavy atom. The third-order valence-electron chi connectivity index (χ3n) is 2.75. The van der Waals surface area contributed by atoms with E-state index in [2.05, 4.69) is 0 Å². The van der Waals surface area contributed by atoms with E-state index in [4.69, 9.17) is 5.73 Å². The average Bonchev–Trinajstić information content (AvgIpc) is 2.84. The van der Waals surface area contributed by atoms with E-state index < -0.39 is 11.6 Å². The van der Waals surface area contributed by atoms with Crippen LogP contribution in [0.25, 0.3) is 0 Å². The van der Waals surface area contributed by atoms with Crippen molar-refractivity contribution in [3.8, 4) is 0 Å². The fraction of sp³-hybridized carbons (Fsp3) is 0.231. The van der Waals surface area contributed by atoms with Crippen molar-refractivity contribution in [3.63, 3.8) is 0 Å². The molecule has 1 aromatic carbocycles. The smallest absolute Gasteiger partial charge is 0.161 e. The lowest BCUT2D eigenvalue weighted by Gasteiger charge is -2.21. The van der Waals surface area contributed by atoms with Crippen molar-refractivity contribution < 1.29 is 8.78 Å². The molecule has 2 rings (SSSR count). The number of likely N-dealkylation sites (N-methyl/N-ethyl adjacent to an activating group) is 1. The zero-order valence-corrected chi connectivity index (χ0v) is 10.8. The molecule has 0 saturated carbocycles. The second-order valence-corrected chi connectivity index (χ2v) is 5.11. The second-order valence-electron chi connectivity index (χ2n) is 4.08. The van der Waals surface area contributed by atoms with Crippen molar-refractivity contribution in [2.75, 3.05) is 24.2 Å². The van der Waals surface area contributed by atoms with Gasteiger partial charge in [-0.05, 0) is 17.9 Å². The van der Waals surface area contributed by atoms with Crippen molar-refractivity contribution in [1.82, 2.24) is 0 Å². The predicted octanol–water partition coefficient (Wildman–Crippen LogP) is 3.29. The van der Waals surface area contributed by atoms with Gasteiger partial charge in [-0.2, -0.15) is 0 Å². The first-order valence-corrected chi connectivity index (χ1v) is 6.44. The summed E-state index contributed by atoms with van der Waals surface area (Å²) in [6, 6.07) is 6.20. The molecule has 0 unspecified atom stereocenters. The molecule has 0 atom stereocenters. The standard InChI is InChI=1S/C13H14F2N2S/c1-17(5-4-9-3-2-6-18-9)13-8-11(15)10(14)7-12(13)16/h2-3,6-8H,4-5,16H2,1H3. The SMILES string of the molecule is CN(CCc1cccs1)c1cc(F)c(F)cc1N. The highest BCUT2D eigenvalue weighted by atomic mass is 32.1. The minimum absolute atomic E-state index is 0.252. The summed E-state index contributed by atoms with van der Waals surface area (Å²) >= 11 is 1.68. The van der Waals surface area contributed by atoms with E-state index in [0.717, 1.165) is 18.6 Å². The summed E-state index contributed by atoms with van der Waals surface area (Å²) in [7, 11) is 1.82. The number of nitrogen functional groups attached to an aromatic ring is 1. The van der Waals surface area contributed by atoms with Crippen LogP contribution < -0.4 is 10.6 Å². The van der Waals surface area contributed by atoms with Gasteiger partial charge in [-0.15, -0.1) is 11.3 Å². The first-order valence-electron chi connectivity index (χ1n) is 5.56. The van der Waals surface area contributed by atoms with E-state index in [1.807, 2.05) is 29.5 Å². The van der Waals surface area contributed by atoms with E-state index in [9.17, 15) is 8.78 Å². The molecule has 0 fully saturated rings. The number of nitrogens with zero attached hydrogens (tertiary/aromatic N) is 1. The van der Waals surface area contributed by atoms with Gasteiger partial charge >= 0.3 is 0 Å². The van der Waals surface area contributed by atoms with Gasteiger partial charge in [-0.3, -0.25) is 0 Å². The quantitative estimate of drug-likeness (QED) is 0.862. The fourth-order valence-electron chi connectivity index (χ4n) is 1.74. The Labute approximate surface area is 109 Å². The molecule has 0 aliphatic heterocycles. The number of anilines is 2. The van der Waals surface area contributed by atoms with E-state index >= 15 is 0 Å². The first kappa shape index (κ1) is 12.8. The third kappa shape index (κ3) is 2.79. The number of nitrogens with two attached hydrogens (primary N) is 1. The van der Waals surface area contributed by atoms with E-state index in [-0.39, 0.29) is 5.69 Å². The zero-order chi connectivity index (χ0) is 13.1. The topological polar surface area (TPSA) is 29.3 Å². The molecule has 5 heteroatoms. The van der Waals surface area contributed by atoms with E-state index in [1.54, 1.807) is 11.3 Å². The Kier molecular flexibility index (Phi) is 3.81. The molecule has 2 nitrogen and oxygen atoms in total. The normalized spacial score (nSPS) is 10.6. The molecule has 0 spiro atoms. The van der Waals surface area contributed by atoms with Crippen LogP contribution in [0.1, 0.15) is 4.88 Å². The summed E-state index contributed by atoms with van der Waals surface area (Å²) in [5, 5.41) is 2.02. The van der Waals surface area contributed by atoms with E-state index in [1.165, 1.54) is 4.88 Å². The van der Waals surface area contributed by atoms with Crippen LogP contribution in [0.5, 0.6) is 0 Å². The largest absolute Gasteiger partial charge is 0.397 e. The van der Waals surface area contributed by atoms with Crippen molar-refractivity contribution in [2.45, 2.75) is 6.42 Å². The lowest BCUT2D eigenvalue weighted by molar-refractivity contribution is 0.509. The molecular weight excluding hydrogens is 254 g/mol. The summed E-state index contributed by atoms with van der Waals surface area (Å²) in [6.07, 6.45) is 0.854. The molecule has 0 bridgehead atoms. The molecule has 0 saturated heterocycles. The minimum Gasteiger partial charge on any atom is -0.397 e. The number of hydrogen-bond acceptors (Lipinski definition) is 3. The van der Waals surface area contributed by atoms with Crippen molar-refractivity contribution in [2.24, 2.45) is 0 Å². The predicted molar refractivity (Wildman–Crippen MR) is 72.1 cm³/mol. The van der Waals surface area contributed by atoms with Crippen molar-refractivity contribution in [1.29, 1.82) is 0 Å². The highest BCUT2D eigenvalue weighted by Crippen LogP contribution is 2.25. The average molecular weight is 268 g/mol. The zero-order valence-electron chi connectivity index (χ0n) is 9.99. The molecule has 0 aliphatic carbocycles. The number of thiophene rings is 1. The maximum atomic E-state index is 13.2. The maximum absolute atomic E-state index is 13.2. The van der Waals surface area contributed by atoms with Crippen LogP contribution in [0.3, 0.4) is 0 Å². The monoisotopic (exact) mass is 268 g/mol. The van der Waals surface area contributed by atoms with Crippen LogP contribution >= 0.6 is 11.3 Å². The minimum atomic E-state index is -0.914. The van der Waals surface area contributed by atoms with Crippen LogP contribution in [-0.2, 0) is 6.42 Å². The lowest BCUT2D eigenvalue weighted by Crippen LogP contribution is -2.21. The third-order valence-corrected chi connectivity index (χ3v) is 3.69. The van der Waals surface area contributed by atoms with E-state index in [0.29, 0.717) is 12.2 Å². The molecule has 0 amide bonds. The summed E-state index contributed by atoms with van der Waals surface area (Å²) < 4.78 is 26.1. The van der Waals surface area contributed by atoms with Gasteiger partial charge in [-0.1, -0.05) is 6.07 Å². The maximum Gasteiger partial charge on any atom is 0.161 e. The number of benzene rings is 1. The molecule has 1 aromatic heterocycles. The van der Waals surface area contributed by atoms with Crippen LogP contribution in [0.2, 0.25) is 0 Å². The molecule has 0 radical (unpaired) electrons. The highest BCUT2D eigenvalue weighted by Gasteiger charge is 2.11. The Morgan fingerprint density at radius 1 is 1.28 bits per heavy atom. The molecule has 1 heterocycles. The number of halogens is 2. The van der Waals surface area contributed by atoms with Gasteiger partial charge in [0.15, 0.2) is 11.6 Å². The highest BCUT2D eigenvalue weighted by molar-refractivity contribution is 7.09.